The minimum Gasteiger partial charge on any atom is -0.496 e. The van der Waals surface area contributed by atoms with Crippen molar-refractivity contribution in [1.29, 1.82) is 5.26 Å². The molecule has 0 atom stereocenters. The highest BCUT2D eigenvalue weighted by molar-refractivity contribution is 9.11. The summed E-state index contributed by atoms with van der Waals surface area (Å²) < 4.78 is 5.61. The van der Waals surface area contributed by atoms with Crippen LogP contribution in [0.4, 0.5) is 0 Å². The summed E-state index contributed by atoms with van der Waals surface area (Å²) in [5, 5.41) is 8.71. The van der Waals surface area contributed by atoms with Gasteiger partial charge in [0.2, 0.25) is 0 Å². The fourth-order valence-corrected chi connectivity index (χ4v) is 0.927. The second-order valence-corrected chi connectivity index (χ2v) is 2.99. The summed E-state index contributed by atoms with van der Waals surface area (Å²) in [4.78, 5) is 0. The molecule has 0 aromatic heterocycles. The predicted molar refractivity (Wildman–Crippen MR) is 52.5 cm³/mol. The van der Waals surface area contributed by atoms with Crippen molar-refractivity contribution in [2.45, 2.75) is 6.92 Å². The minimum absolute atomic E-state index is 0.460. The number of hydrogen-bond acceptors (Lipinski definition) is 2. The van der Waals surface area contributed by atoms with E-state index in [1.165, 1.54) is 7.11 Å². The van der Waals surface area contributed by atoms with Crippen LogP contribution in [0.1, 0.15) is 6.92 Å². The third-order valence-corrected chi connectivity index (χ3v) is 1.40. The molecule has 0 aromatic rings. The van der Waals surface area contributed by atoms with E-state index in [2.05, 4.69) is 22.5 Å². The number of allylic oxidation sites excluding steroid dienone is 4. The Bertz CT molecular complexity index is 271. The van der Waals surface area contributed by atoms with Gasteiger partial charge in [0.15, 0.2) is 0 Å². The van der Waals surface area contributed by atoms with Crippen LogP contribution in [-0.4, -0.2) is 7.11 Å². The topological polar surface area (TPSA) is 33.0 Å². The van der Waals surface area contributed by atoms with Gasteiger partial charge in [-0.15, -0.1) is 0 Å². The first-order valence-electron chi connectivity index (χ1n) is 3.32. The lowest BCUT2D eigenvalue weighted by Gasteiger charge is -2.02. The highest BCUT2D eigenvalue weighted by Gasteiger charge is 2.02. The van der Waals surface area contributed by atoms with E-state index in [0.29, 0.717) is 15.8 Å². The predicted octanol–water partition coefficient (Wildman–Crippen LogP) is 2.90. The average molecular weight is 228 g/mol. The van der Waals surface area contributed by atoms with Crippen molar-refractivity contribution in [3.8, 4) is 6.07 Å². The first kappa shape index (κ1) is 11.0. The van der Waals surface area contributed by atoms with Crippen molar-refractivity contribution in [1.82, 2.24) is 0 Å². The van der Waals surface area contributed by atoms with E-state index in [9.17, 15) is 0 Å². The Balaban J connectivity index is 4.81. The van der Waals surface area contributed by atoms with Crippen molar-refractivity contribution >= 4 is 15.9 Å². The highest BCUT2D eigenvalue weighted by atomic mass is 79.9. The Morgan fingerprint density at radius 3 is 2.50 bits per heavy atom. The van der Waals surface area contributed by atoms with E-state index >= 15 is 0 Å². The minimum atomic E-state index is 0.460. The Hall–Kier alpha value is -1.01. The maximum absolute atomic E-state index is 8.71. The van der Waals surface area contributed by atoms with E-state index in [1.807, 2.05) is 6.07 Å². The van der Waals surface area contributed by atoms with Gasteiger partial charge >= 0.3 is 0 Å². The molecule has 0 saturated carbocycles. The van der Waals surface area contributed by atoms with E-state index in [1.54, 1.807) is 19.1 Å². The van der Waals surface area contributed by atoms with Crippen LogP contribution >= 0.6 is 15.9 Å². The molecule has 0 saturated heterocycles. The molecule has 0 amide bonds. The SMILES string of the molecule is C=C(Br)/C=C(C#N)\C(=C/C)OC. The van der Waals surface area contributed by atoms with Crippen molar-refractivity contribution in [2.75, 3.05) is 7.11 Å². The zero-order chi connectivity index (χ0) is 9.56. The maximum atomic E-state index is 8.71. The molecule has 12 heavy (non-hydrogen) atoms. The fourth-order valence-electron chi connectivity index (χ4n) is 0.698. The maximum Gasteiger partial charge on any atom is 0.132 e. The number of rotatable bonds is 3. The van der Waals surface area contributed by atoms with Crippen LogP contribution in [0.15, 0.2) is 34.5 Å². The second kappa shape index (κ2) is 5.62. The van der Waals surface area contributed by atoms with Crippen LogP contribution in [-0.2, 0) is 4.74 Å². The molecule has 64 valence electrons. The Labute approximate surface area is 81.0 Å². The summed E-state index contributed by atoms with van der Waals surface area (Å²) in [5.41, 5.74) is 0.460. The first-order chi connectivity index (χ1) is 5.65. The number of nitriles is 1. The fraction of sp³-hybridized carbons (Fsp3) is 0.222. The molecule has 0 aliphatic carbocycles. The zero-order valence-electron chi connectivity index (χ0n) is 7.10. The average Bonchev–Trinajstić information content (AvgIpc) is 2.04. The van der Waals surface area contributed by atoms with Gasteiger partial charge in [0.1, 0.15) is 11.8 Å². The molecular weight excluding hydrogens is 218 g/mol. The molecule has 0 N–H and O–H groups in total. The van der Waals surface area contributed by atoms with Crippen LogP contribution in [0.5, 0.6) is 0 Å². The van der Waals surface area contributed by atoms with Gasteiger partial charge in [0.05, 0.1) is 12.7 Å². The zero-order valence-corrected chi connectivity index (χ0v) is 8.68. The molecule has 0 rings (SSSR count). The van der Waals surface area contributed by atoms with Gasteiger partial charge < -0.3 is 4.74 Å². The lowest BCUT2D eigenvalue weighted by molar-refractivity contribution is 0.302. The summed E-state index contributed by atoms with van der Waals surface area (Å²) in [7, 11) is 1.53. The third-order valence-electron chi connectivity index (χ3n) is 1.17. The summed E-state index contributed by atoms with van der Waals surface area (Å²) in [5.74, 6) is 0.554. The Morgan fingerprint density at radius 1 is 1.67 bits per heavy atom. The molecule has 3 heteroatoms. The molecule has 0 aliphatic rings. The van der Waals surface area contributed by atoms with Gasteiger partial charge in [0, 0.05) is 4.48 Å². The van der Waals surface area contributed by atoms with Gasteiger partial charge in [-0.3, -0.25) is 0 Å². The molecule has 0 unspecified atom stereocenters. The highest BCUT2D eigenvalue weighted by Crippen LogP contribution is 2.14. The van der Waals surface area contributed by atoms with Gasteiger partial charge in [-0.2, -0.15) is 5.26 Å². The second-order valence-electron chi connectivity index (χ2n) is 1.97. The molecule has 2 nitrogen and oxygen atoms in total. The van der Waals surface area contributed by atoms with Crippen LogP contribution < -0.4 is 0 Å². The molecule has 0 bridgehead atoms. The summed E-state index contributed by atoms with van der Waals surface area (Å²) in [6.45, 7) is 5.41. The molecule has 0 radical (unpaired) electrons. The number of hydrogen-bond donors (Lipinski definition) is 0. The van der Waals surface area contributed by atoms with Crippen molar-refractivity contribution < 1.29 is 4.74 Å². The van der Waals surface area contributed by atoms with E-state index in [4.69, 9.17) is 10.00 Å². The molecule has 0 aliphatic heterocycles. The standard InChI is InChI=1S/C9H10BrNO/c1-4-9(12-3)8(6-11)5-7(2)10/h4-5H,2H2,1,3H3/b8-5-,9-4+. The number of nitrogens with zero attached hydrogens (tertiary/aromatic N) is 1. The van der Waals surface area contributed by atoms with Crippen molar-refractivity contribution in [2.24, 2.45) is 0 Å². The Kier molecular flexibility index (Phi) is 5.14. The molecule has 0 spiro atoms. The van der Waals surface area contributed by atoms with Gasteiger partial charge in [-0.1, -0.05) is 22.5 Å². The molecular formula is C9H10BrNO. The normalized spacial score (nSPS) is 12.2. The molecule has 0 fully saturated rings. The summed E-state index contributed by atoms with van der Waals surface area (Å²) >= 11 is 3.14. The van der Waals surface area contributed by atoms with Crippen LogP contribution in [0.3, 0.4) is 0 Å². The van der Waals surface area contributed by atoms with Crippen LogP contribution in [0, 0.1) is 11.3 Å². The third kappa shape index (κ3) is 3.40. The lowest BCUT2D eigenvalue weighted by Crippen LogP contribution is -1.89. The van der Waals surface area contributed by atoms with E-state index < -0.39 is 0 Å². The first-order valence-corrected chi connectivity index (χ1v) is 4.11. The number of methoxy groups -OCH3 is 1. The van der Waals surface area contributed by atoms with Crippen LogP contribution in [0.25, 0.3) is 0 Å². The quantitative estimate of drug-likeness (QED) is 0.422. The van der Waals surface area contributed by atoms with Crippen LogP contribution in [0.2, 0.25) is 0 Å². The monoisotopic (exact) mass is 227 g/mol. The molecule has 0 aromatic carbocycles. The largest absolute Gasteiger partial charge is 0.496 e. The van der Waals surface area contributed by atoms with Crippen molar-refractivity contribution in [3.05, 3.63) is 34.5 Å². The summed E-state index contributed by atoms with van der Waals surface area (Å²) in [6.07, 6.45) is 3.34. The number of halogens is 1. The smallest absolute Gasteiger partial charge is 0.132 e. The van der Waals surface area contributed by atoms with Crippen molar-refractivity contribution in [3.63, 3.8) is 0 Å². The van der Waals surface area contributed by atoms with Gasteiger partial charge in [-0.25, -0.2) is 0 Å². The molecule has 0 heterocycles. The Morgan fingerprint density at radius 2 is 2.25 bits per heavy atom. The van der Waals surface area contributed by atoms with Gasteiger partial charge in [-0.05, 0) is 19.1 Å². The summed E-state index contributed by atoms with van der Waals surface area (Å²) in [6, 6.07) is 2.01. The number of ether oxygens (including phenoxy) is 1. The van der Waals surface area contributed by atoms with Gasteiger partial charge in [0.25, 0.3) is 0 Å². The lowest BCUT2D eigenvalue weighted by atomic mass is 10.2. The van der Waals surface area contributed by atoms with E-state index in [0.717, 1.165) is 0 Å². The van der Waals surface area contributed by atoms with E-state index in [-0.39, 0.29) is 0 Å².